The van der Waals surface area contributed by atoms with E-state index in [-0.39, 0.29) is 0 Å². The molecule has 1 N–H and O–H groups in total. The molecule has 0 aromatic rings. The van der Waals surface area contributed by atoms with E-state index in [0.717, 1.165) is 5.92 Å². The maximum absolute atomic E-state index is 10.7. The Labute approximate surface area is 112 Å². The molecule has 0 saturated carbocycles. The van der Waals surface area contributed by atoms with Crippen molar-refractivity contribution in [2.75, 3.05) is 19.6 Å². The summed E-state index contributed by atoms with van der Waals surface area (Å²) in [6.07, 6.45) is 5.70. The number of rotatable bonds is 3. The fraction of sp³-hybridized carbons (Fsp3) is 1.00. The van der Waals surface area contributed by atoms with Crippen LogP contribution in [0.5, 0.6) is 0 Å². The lowest BCUT2D eigenvalue weighted by molar-refractivity contribution is -0.908. The van der Waals surface area contributed by atoms with Crippen LogP contribution in [-0.2, 0) is 10.1 Å². The zero-order chi connectivity index (χ0) is 15.1. The van der Waals surface area contributed by atoms with E-state index in [1.54, 1.807) is 0 Å². The van der Waals surface area contributed by atoms with Crippen LogP contribution in [-0.4, -0.2) is 38.1 Å². The van der Waals surface area contributed by atoms with Gasteiger partial charge in [0, 0.05) is 5.92 Å². The topological polar surface area (TPSA) is 61.6 Å². The average molecular weight is 305 g/mol. The third kappa shape index (κ3) is 7.74. The van der Waals surface area contributed by atoms with Gasteiger partial charge in [-0.3, -0.25) is 0 Å². The van der Waals surface area contributed by atoms with Crippen LogP contribution in [0.2, 0.25) is 0 Å². The number of quaternary nitrogens is 1. The van der Waals surface area contributed by atoms with Crippen molar-refractivity contribution in [2.45, 2.75) is 45.0 Å². The molecule has 1 aliphatic heterocycles. The zero-order valence-electron chi connectivity index (χ0n) is 11.3. The minimum Gasteiger partial charge on any atom is -0.741 e. The molecule has 8 heteroatoms. The quantitative estimate of drug-likeness (QED) is 0.628. The van der Waals surface area contributed by atoms with Crippen LogP contribution >= 0.6 is 0 Å². The summed E-state index contributed by atoms with van der Waals surface area (Å²) in [7, 11) is -6.09. The molecule has 2 atom stereocenters. The van der Waals surface area contributed by atoms with Crippen molar-refractivity contribution in [3.63, 3.8) is 0 Å². The highest BCUT2D eigenvalue weighted by molar-refractivity contribution is 7.86. The van der Waals surface area contributed by atoms with E-state index >= 15 is 0 Å². The van der Waals surface area contributed by atoms with Gasteiger partial charge < -0.3 is 9.45 Å². The molecule has 1 fully saturated rings. The van der Waals surface area contributed by atoms with Gasteiger partial charge in [-0.2, -0.15) is 13.2 Å². The summed E-state index contributed by atoms with van der Waals surface area (Å²) in [5.41, 5.74) is -5.65. The Morgan fingerprint density at radius 1 is 1.32 bits per heavy atom. The number of alkyl halides is 3. The predicted molar refractivity (Wildman–Crippen MR) is 64.6 cm³/mol. The van der Waals surface area contributed by atoms with Gasteiger partial charge in [0.05, 0.1) is 19.6 Å². The first-order valence-electron chi connectivity index (χ1n) is 6.47. The summed E-state index contributed by atoms with van der Waals surface area (Å²) in [5, 5.41) is 0. The van der Waals surface area contributed by atoms with E-state index in [4.69, 9.17) is 13.0 Å². The van der Waals surface area contributed by atoms with E-state index in [1.165, 1.54) is 45.3 Å². The fourth-order valence-electron chi connectivity index (χ4n) is 2.18. The van der Waals surface area contributed by atoms with E-state index in [0.29, 0.717) is 0 Å². The third-order valence-corrected chi connectivity index (χ3v) is 3.75. The Balaban J connectivity index is 0.000000362. The summed E-state index contributed by atoms with van der Waals surface area (Å²) in [6.45, 7) is 8.91. The molecule has 0 radical (unpaired) electrons. The molecule has 0 spiro atoms. The molecule has 0 aromatic heterocycles. The largest absolute Gasteiger partial charge is 0.741 e. The van der Waals surface area contributed by atoms with Gasteiger partial charge in [0.15, 0.2) is 10.1 Å². The lowest BCUT2D eigenvalue weighted by atomic mass is 9.96. The van der Waals surface area contributed by atoms with Crippen LogP contribution in [0.15, 0.2) is 0 Å². The van der Waals surface area contributed by atoms with Crippen molar-refractivity contribution in [3.05, 3.63) is 0 Å². The van der Waals surface area contributed by atoms with Gasteiger partial charge in [-0.1, -0.05) is 13.8 Å². The molecule has 2 unspecified atom stereocenters. The van der Waals surface area contributed by atoms with Crippen LogP contribution in [0, 0.1) is 5.92 Å². The maximum Gasteiger partial charge on any atom is 0.485 e. The van der Waals surface area contributed by atoms with Gasteiger partial charge in [0.1, 0.15) is 0 Å². The van der Waals surface area contributed by atoms with Gasteiger partial charge in [-0.15, -0.1) is 0 Å². The average Bonchev–Trinajstić information content (AvgIpc) is 2.28. The SMILES string of the molecule is CCC[NH+]1CCCC(CC)C1.O=S(=O)([O-])C(F)(F)F. The van der Waals surface area contributed by atoms with Crippen molar-refractivity contribution < 1.29 is 31.0 Å². The standard InChI is InChI=1S/C10H21N.CHF3O3S/c1-3-7-11-8-5-6-10(4-2)9-11;2-1(3,4)8(5,6)7/h10H,3-9H2,1-2H3;(H,5,6,7). The number of nitrogens with one attached hydrogen (secondary N) is 1. The van der Waals surface area contributed by atoms with E-state index in [9.17, 15) is 13.2 Å². The number of piperidine rings is 1. The highest BCUT2D eigenvalue weighted by Gasteiger charge is 2.36. The molecule has 1 rings (SSSR count). The summed E-state index contributed by atoms with van der Waals surface area (Å²) < 4.78 is 58.9. The Hall–Kier alpha value is -0.340. The zero-order valence-corrected chi connectivity index (χ0v) is 12.1. The predicted octanol–water partition coefficient (Wildman–Crippen LogP) is 1.15. The van der Waals surface area contributed by atoms with Crippen molar-refractivity contribution in [3.8, 4) is 0 Å². The van der Waals surface area contributed by atoms with Crippen LogP contribution in [0.4, 0.5) is 13.2 Å². The molecule has 0 aliphatic carbocycles. The lowest BCUT2D eigenvalue weighted by Crippen LogP contribution is -3.13. The lowest BCUT2D eigenvalue weighted by Gasteiger charge is -2.28. The fourth-order valence-corrected chi connectivity index (χ4v) is 2.18. The Kier molecular flexibility index (Phi) is 7.92. The summed E-state index contributed by atoms with van der Waals surface area (Å²) >= 11 is 0. The maximum atomic E-state index is 10.7. The van der Waals surface area contributed by atoms with E-state index in [1.807, 2.05) is 4.90 Å². The van der Waals surface area contributed by atoms with Gasteiger partial charge >= 0.3 is 5.51 Å². The first-order chi connectivity index (χ1) is 8.61. The second kappa shape index (κ2) is 8.06. The second-order valence-corrected chi connectivity index (χ2v) is 6.14. The number of halogens is 3. The van der Waals surface area contributed by atoms with Crippen LogP contribution in [0.3, 0.4) is 0 Å². The Morgan fingerprint density at radius 3 is 2.21 bits per heavy atom. The van der Waals surface area contributed by atoms with Crippen LogP contribution < -0.4 is 4.90 Å². The normalized spacial score (nSPS) is 24.5. The molecular weight excluding hydrogens is 283 g/mol. The van der Waals surface area contributed by atoms with Crippen molar-refractivity contribution in [1.82, 2.24) is 0 Å². The number of likely N-dealkylation sites (tertiary alicyclic amines) is 1. The minimum absolute atomic E-state index is 1.03. The molecule has 0 aromatic carbocycles. The minimum atomic E-state index is -6.09. The van der Waals surface area contributed by atoms with Crippen LogP contribution in [0.1, 0.15) is 39.5 Å². The highest BCUT2D eigenvalue weighted by atomic mass is 32.2. The Bertz CT molecular complexity index is 342. The first kappa shape index (κ1) is 18.7. The highest BCUT2D eigenvalue weighted by Crippen LogP contribution is 2.20. The monoisotopic (exact) mass is 305 g/mol. The van der Waals surface area contributed by atoms with Gasteiger partial charge in [0.25, 0.3) is 0 Å². The molecule has 1 saturated heterocycles. The van der Waals surface area contributed by atoms with E-state index < -0.39 is 15.6 Å². The number of hydrogen-bond donors (Lipinski definition) is 1. The summed E-state index contributed by atoms with van der Waals surface area (Å²) in [4.78, 5) is 1.85. The molecule has 116 valence electrons. The molecule has 0 amide bonds. The first-order valence-corrected chi connectivity index (χ1v) is 7.88. The van der Waals surface area contributed by atoms with Crippen LogP contribution in [0.25, 0.3) is 0 Å². The molecule has 1 aliphatic rings. The molecule has 4 nitrogen and oxygen atoms in total. The second-order valence-electron chi connectivity index (χ2n) is 4.77. The number of hydrogen-bond acceptors (Lipinski definition) is 3. The summed E-state index contributed by atoms with van der Waals surface area (Å²) in [5.74, 6) is 1.03. The molecular formula is C11H22F3NO3S. The van der Waals surface area contributed by atoms with Crippen molar-refractivity contribution in [2.24, 2.45) is 5.92 Å². The summed E-state index contributed by atoms with van der Waals surface area (Å²) in [6, 6.07) is 0. The van der Waals surface area contributed by atoms with Gasteiger partial charge in [-0.05, 0) is 25.7 Å². The van der Waals surface area contributed by atoms with Gasteiger partial charge in [0.2, 0.25) is 0 Å². The van der Waals surface area contributed by atoms with E-state index in [2.05, 4.69) is 13.8 Å². The Morgan fingerprint density at radius 2 is 1.84 bits per heavy atom. The smallest absolute Gasteiger partial charge is 0.485 e. The molecule has 0 bridgehead atoms. The molecule has 1 heterocycles. The van der Waals surface area contributed by atoms with Crippen molar-refractivity contribution in [1.29, 1.82) is 0 Å². The van der Waals surface area contributed by atoms with Gasteiger partial charge in [-0.25, -0.2) is 8.42 Å². The third-order valence-electron chi connectivity index (χ3n) is 3.18. The molecule has 19 heavy (non-hydrogen) atoms. The van der Waals surface area contributed by atoms with Crippen molar-refractivity contribution >= 4 is 10.1 Å².